The molecule has 0 aliphatic carbocycles. The second-order valence-electron chi connectivity index (χ2n) is 5.10. The molecule has 4 heteroatoms. The molecule has 0 spiro atoms. The van der Waals surface area contributed by atoms with Crippen LogP contribution < -0.4 is 5.32 Å². The van der Waals surface area contributed by atoms with E-state index in [2.05, 4.69) is 11.4 Å². The predicted octanol–water partition coefficient (Wildman–Crippen LogP) is 4.97. The number of phenols is 2. The van der Waals surface area contributed by atoms with Gasteiger partial charge in [0.1, 0.15) is 11.5 Å². The lowest BCUT2D eigenvalue weighted by molar-refractivity contribution is 0.462. The molecule has 3 nitrogen and oxygen atoms in total. The lowest BCUT2D eigenvalue weighted by atomic mass is 10.0. The highest BCUT2D eigenvalue weighted by molar-refractivity contribution is 7.99. The van der Waals surface area contributed by atoms with Crippen LogP contribution in [0.1, 0.15) is 0 Å². The molecular weight excluding hydrogens is 294 g/mol. The second-order valence-corrected chi connectivity index (χ2v) is 6.19. The van der Waals surface area contributed by atoms with Crippen molar-refractivity contribution in [1.29, 1.82) is 0 Å². The van der Waals surface area contributed by atoms with Gasteiger partial charge in [-0.15, -0.1) is 0 Å². The van der Waals surface area contributed by atoms with Gasteiger partial charge in [-0.3, -0.25) is 0 Å². The van der Waals surface area contributed by atoms with Gasteiger partial charge in [0.25, 0.3) is 0 Å². The van der Waals surface area contributed by atoms with Gasteiger partial charge >= 0.3 is 0 Å². The molecule has 22 heavy (non-hydrogen) atoms. The van der Waals surface area contributed by atoms with Crippen LogP contribution in [0.5, 0.6) is 11.5 Å². The molecule has 3 N–H and O–H groups in total. The maximum atomic E-state index is 10.1. The minimum absolute atomic E-state index is 0.134. The van der Waals surface area contributed by atoms with Gasteiger partial charge in [0.05, 0.1) is 11.4 Å². The quantitative estimate of drug-likeness (QED) is 0.434. The van der Waals surface area contributed by atoms with Gasteiger partial charge in [0.2, 0.25) is 0 Å². The Labute approximate surface area is 132 Å². The van der Waals surface area contributed by atoms with Crippen molar-refractivity contribution in [3.8, 4) is 22.6 Å². The smallest absolute Gasteiger partial charge is 0.123 e. The first-order valence-electron chi connectivity index (χ1n) is 6.91. The summed E-state index contributed by atoms with van der Waals surface area (Å²) >= 11 is 1.69. The van der Waals surface area contributed by atoms with E-state index in [1.807, 2.05) is 36.4 Å². The van der Waals surface area contributed by atoms with Crippen LogP contribution in [0.4, 0.5) is 11.4 Å². The van der Waals surface area contributed by atoms with Gasteiger partial charge in [-0.2, -0.15) is 0 Å². The lowest BCUT2D eigenvalue weighted by Gasteiger charge is -2.23. The Hall–Kier alpha value is -2.59. The first kappa shape index (κ1) is 13.1. The molecule has 1 heterocycles. The summed E-state index contributed by atoms with van der Waals surface area (Å²) in [7, 11) is 0. The fourth-order valence-electron chi connectivity index (χ4n) is 2.62. The van der Waals surface area contributed by atoms with Crippen LogP contribution in [-0.4, -0.2) is 10.2 Å². The third kappa shape index (κ3) is 2.09. The summed E-state index contributed by atoms with van der Waals surface area (Å²) in [6.07, 6.45) is 0. The SMILES string of the molecule is Oc1ccc(O)c(-c2cccc3c2Nc2ccccc2S3)c1. The van der Waals surface area contributed by atoms with Crippen molar-refractivity contribution >= 4 is 23.1 Å². The number of phenolic OH excluding ortho intramolecular Hbond substituents is 2. The van der Waals surface area contributed by atoms with Gasteiger partial charge in [-0.05, 0) is 36.4 Å². The summed E-state index contributed by atoms with van der Waals surface area (Å²) in [6, 6.07) is 18.6. The van der Waals surface area contributed by atoms with Gasteiger partial charge in [0.15, 0.2) is 0 Å². The summed E-state index contributed by atoms with van der Waals surface area (Å²) in [5.74, 6) is 0.283. The van der Waals surface area contributed by atoms with Crippen LogP contribution in [-0.2, 0) is 0 Å². The number of hydrogen-bond donors (Lipinski definition) is 3. The highest BCUT2D eigenvalue weighted by Crippen LogP contribution is 2.49. The molecule has 0 saturated heterocycles. The highest BCUT2D eigenvalue weighted by atomic mass is 32.2. The molecule has 108 valence electrons. The number of nitrogens with one attached hydrogen (secondary N) is 1. The maximum absolute atomic E-state index is 10.1. The lowest BCUT2D eigenvalue weighted by Crippen LogP contribution is -2.01. The molecule has 0 amide bonds. The van der Waals surface area contributed by atoms with E-state index in [0.717, 1.165) is 21.8 Å². The minimum atomic E-state index is 0.134. The van der Waals surface area contributed by atoms with E-state index in [1.54, 1.807) is 17.8 Å². The van der Waals surface area contributed by atoms with Crippen molar-refractivity contribution in [3.05, 3.63) is 60.7 Å². The summed E-state index contributed by atoms with van der Waals surface area (Å²) in [4.78, 5) is 2.27. The molecule has 3 aromatic carbocycles. The second kappa shape index (κ2) is 5.00. The Morgan fingerprint density at radius 1 is 0.773 bits per heavy atom. The molecule has 0 atom stereocenters. The van der Waals surface area contributed by atoms with Crippen LogP contribution >= 0.6 is 11.8 Å². The average molecular weight is 307 g/mol. The fraction of sp³-hybridized carbons (Fsp3) is 0. The number of benzene rings is 3. The van der Waals surface area contributed by atoms with E-state index in [9.17, 15) is 10.2 Å². The van der Waals surface area contributed by atoms with E-state index in [-0.39, 0.29) is 11.5 Å². The van der Waals surface area contributed by atoms with Gasteiger partial charge < -0.3 is 15.5 Å². The van der Waals surface area contributed by atoms with Gasteiger partial charge in [0, 0.05) is 20.9 Å². The zero-order valence-electron chi connectivity index (χ0n) is 11.6. The first-order chi connectivity index (χ1) is 10.7. The summed E-state index contributed by atoms with van der Waals surface area (Å²) in [5, 5.41) is 23.3. The minimum Gasteiger partial charge on any atom is -0.508 e. The molecule has 1 aliphatic rings. The number of para-hydroxylation sites is 2. The van der Waals surface area contributed by atoms with Gasteiger partial charge in [-0.25, -0.2) is 0 Å². The van der Waals surface area contributed by atoms with Crippen LogP contribution in [0.2, 0.25) is 0 Å². The Balaban J connectivity index is 1.89. The number of hydrogen-bond acceptors (Lipinski definition) is 4. The van der Waals surface area contributed by atoms with E-state index in [0.29, 0.717) is 5.56 Å². The monoisotopic (exact) mass is 307 g/mol. The molecule has 4 rings (SSSR count). The Morgan fingerprint density at radius 2 is 1.59 bits per heavy atom. The summed E-state index contributed by atoms with van der Waals surface area (Å²) < 4.78 is 0. The largest absolute Gasteiger partial charge is 0.508 e. The Bertz CT molecular complexity index is 877. The van der Waals surface area contributed by atoms with Crippen LogP contribution in [0.25, 0.3) is 11.1 Å². The van der Waals surface area contributed by atoms with Crippen molar-refractivity contribution in [3.63, 3.8) is 0 Å². The van der Waals surface area contributed by atoms with Crippen LogP contribution in [0.3, 0.4) is 0 Å². The topological polar surface area (TPSA) is 52.5 Å². The first-order valence-corrected chi connectivity index (χ1v) is 7.73. The van der Waals surface area contributed by atoms with E-state index in [1.165, 1.54) is 17.0 Å². The maximum Gasteiger partial charge on any atom is 0.123 e. The molecule has 0 aromatic heterocycles. The predicted molar refractivity (Wildman–Crippen MR) is 89.1 cm³/mol. The zero-order valence-corrected chi connectivity index (χ0v) is 12.4. The standard InChI is InChI=1S/C18H13NO2S/c20-11-8-9-15(21)13(10-11)12-4-3-7-17-18(12)19-14-5-1-2-6-16(14)22-17/h1-10,19-21H. The van der Waals surface area contributed by atoms with Crippen molar-refractivity contribution < 1.29 is 10.2 Å². The van der Waals surface area contributed by atoms with Crippen LogP contribution in [0, 0.1) is 0 Å². The molecule has 3 aromatic rings. The van der Waals surface area contributed by atoms with Gasteiger partial charge in [-0.1, -0.05) is 36.0 Å². The Kier molecular flexibility index (Phi) is 2.98. The fourth-order valence-corrected chi connectivity index (χ4v) is 3.64. The van der Waals surface area contributed by atoms with Crippen molar-refractivity contribution in [2.24, 2.45) is 0 Å². The number of anilines is 2. The number of rotatable bonds is 1. The summed E-state index contributed by atoms with van der Waals surface area (Å²) in [5.41, 5.74) is 3.48. The molecule has 0 fully saturated rings. The number of fused-ring (bicyclic) bond motifs is 2. The van der Waals surface area contributed by atoms with E-state index >= 15 is 0 Å². The van der Waals surface area contributed by atoms with E-state index in [4.69, 9.17) is 0 Å². The average Bonchev–Trinajstić information content (AvgIpc) is 2.55. The van der Waals surface area contributed by atoms with E-state index < -0.39 is 0 Å². The molecule has 1 aliphatic heterocycles. The molecular formula is C18H13NO2S. The highest BCUT2D eigenvalue weighted by Gasteiger charge is 2.20. The zero-order chi connectivity index (χ0) is 15.1. The normalized spacial score (nSPS) is 12.2. The summed E-state index contributed by atoms with van der Waals surface area (Å²) in [6.45, 7) is 0. The van der Waals surface area contributed by atoms with Crippen LogP contribution in [0.15, 0.2) is 70.5 Å². The molecule has 0 saturated carbocycles. The Morgan fingerprint density at radius 3 is 2.50 bits per heavy atom. The number of aromatic hydroxyl groups is 2. The molecule has 0 radical (unpaired) electrons. The molecule has 0 bridgehead atoms. The van der Waals surface area contributed by atoms with Crippen molar-refractivity contribution in [2.75, 3.05) is 5.32 Å². The molecule has 0 unspecified atom stereocenters. The third-order valence-electron chi connectivity index (χ3n) is 3.66. The third-order valence-corrected chi connectivity index (χ3v) is 4.80. The van der Waals surface area contributed by atoms with Crippen molar-refractivity contribution in [1.82, 2.24) is 0 Å². The van der Waals surface area contributed by atoms with Crippen molar-refractivity contribution in [2.45, 2.75) is 9.79 Å².